The molecule has 3 rings (SSSR count). The summed E-state index contributed by atoms with van der Waals surface area (Å²) in [5.41, 5.74) is 6.36. The second-order valence-corrected chi connectivity index (χ2v) is 5.53. The van der Waals surface area contributed by atoms with Gasteiger partial charge in [-0.2, -0.15) is 0 Å². The molecule has 0 radical (unpaired) electrons. The van der Waals surface area contributed by atoms with Gasteiger partial charge in [-0.1, -0.05) is 0 Å². The van der Waals surface area contributed by atoms with E-state index in [4.69, 9.17) is 10.5 Å². The van der Waals surface area contributed by atoms with Gasteiger partial charge in [0.2, 0.25) is 5.91 Å². The smallest absolute Gasteiger partial charge is 0.223 e. The number of carbonyl (C=O) groups is 1. The lowest BCUT2D eigenvalue weighted by molar-refractivity contribution is -0.123. The van der Waals surface area contributed by atoms with Crippen LogP contribution in [0.4, 0.5) is 0 Å². The Morgan fingerprint density at radius 2 is 2.14 bits per heavy atom. The first-order valence-electron chi connectivity index (χ1n) is 6.85. The van der Waals surface area contributed by atoms with Crippen LogP contribution in [-0.2, 0) is 11.2 Å². The molecule has 1 saturated carbocycles. The molecular formula is C16H19ClN2O2. The van der Waals surface area contributed by atoms with Crippen LogP contribution in [0.1, 0.15) is 24.8 Å². The quantitative estimate of drug-likeness (QED) is 0.923. The number of benzene rings is 1. The van der Waals surface area contributed by atoms with Crippen LogP contribution >= 0.6 is 12.4 Å². The van der Waals surface area contributed by atoms with Gasteiger partial charge in [0, 0.05) is 23.2 Å². The third-order valence-corrected chi connectivity index (χ3v) is 4.30. The van der Waals surface area contributed by atoms with E-state index in [0.29, 0.717) is 0 Å². The molecule has 2 N–H and O–H groups in total. The van der Waals surface area contributed by atoms with Crippen LogP contribution in [0.25, 0.3) is 10.8 Å². The topological polar surface area (TPSA) is 65.2 Å². The third kappa shape index (κ3) is 2.95. The van der Waals surface area contributed by atoms with Gasteiger partial charge in [-0.25, -0.2) is 0 Å². The molecule has 0 aliphatic heterocycles. The predicted octanol–water partition coefficient (Wildman–Crippen LogP) is 2.86. The molecule has 0 unspecified atom stereocenters. The highest BCUT2D eigenvalue weighted by molar-refractivity contribution is 5.86. The van der Waals surface area contributed by atoms with Crippen LogP contribution in [-0.4, -0.2) is 18.0 Å². The highest BCUT2D eigenvalue weighted by atomic mass is 35.5. The van der Waals surface area contributed by atoms with Gasteiger partial charge >= 0.3 is 0 Å². The monoisotopic (exact) mass is 306 g/mol. The van der Waals surface area contributed by atoms with Crippen molar-refractivity contribution in [3.05, 3.63) is 36.2 Å². The zero-order valence-corrected chi connectivity index (χ0v) is 12.8. The van der Waals surface area contributed by atoms with Crippen LogP contribution in [0.15, 0.2) is 30.6 Å². The fourth-order valence-electron chi connectivity index (χ4n) is 2.67. The third-order valence-electron chi connectivity index (χ3n) is 4.30. The lowest BCUT2D eigenvalue weighted by Gasteiger charge is -2.12. The molecule has 1 amide bonds. The maximum Gasteiger partial charge on any atom is 0.223 e. The van der Waals surface area contributed by atoms with E-state index in [2.05, 4.69) is 4.98 Å². The van der Waals surface area contributed by atoms with E-state index in [-0.39, 0.29) is 23.7 Å². The number of primary amides is 1. The van der Waals surface area contributed by atoms with Crippen LogP contribution < -0.4 is 10.5 Å². The number of halogens is 1. The van der Waals surface area contributed by atoms with Gasteiger partial charge in [0.1, 0.15) is 5.75 Å². The number of methoxy groups -OCH3 is 1. The molecule has 112 valence electrons. The Kier molecular flexibility index (Phi) is 4.37. The van der Waals surface area contributed by atoms with Gasteiger partial charge in [0.15, 0.2) is 0 Å². The molecule has 4 nitrogen and oxygen atoms in total. The van der Waals surface area contributed by atoms with Crippen LogP contribution in [0, 0.1) is 5.41 Å². The number of hydrogen-bond acceptors (Lipinski definition) is 3. The Morgan fingerprint density at radius 3 is 2.76 bits per heavy atom. The van der Waals surface area contributed by atoms with Gasteiger partial charge in [-0.15, -0.1) is 12.4 Å². The second kappa shape index (κ2) is 5.90. The zero-order valence-electron chi connectivity index (χ0n) is 12.0. The number of aromatic nitrogens is 1. The zero-order chi connectivity index (χ0) is 14.2. The Hall–Kier alpha value is -1.81. The van der Waals surface area contributed by atoms with E-state index in [1.807, 2.05) is 30.6 Å². The van der Waals surface area contributed by atoms with E-state index in [9.17, 15) is 4.79 Å². The number of aryl methyl sites for hydroxylation is 1. The van der Waals surface area contributed by atoms with Crippen molar-refractivity contribution < 1.29 is 9.53 Å². The summed E-state index contributed by atoms with van der Waals surface area (Å²) in [7, 11) is 1.66. The summed E-state index contributed by atoms with van der Waals surface area (Å²) >= 11 is 0. The summed E-state index contributed by atoms with van der Waals surface area (Å²) in [6, 6.07) is 5.96. The Morgan fingerprint density at radius 1 is 1.38 bits per heavy atom. The molecule has 0 bridgehead atoms. The van der Waals surface area contributed by atoms with E-state index in [1.54, 1.807) is 7.11 Å². The Bertz CT molecular complexity index is 668. The number of fused-ring (bicyclic) bond motifs is 1. The normalized spacial score (nSPS) is 15.3. The minimum absolute atomic E-state index is 0. The maximum absolute atomic E-state index is 11.5. The van der Waals surface area contributed by atoms with E-state index < -0.39 is 0 Å². The molecule has 2 aromatic rings. The Balaban J connectivity index is 0.00000161. The number of carbonyl (C=O) groups excluding carboxylic acids is 1. The molecule has 0 saturated heterocycles. The van der Waals surface area contributed by atoms with Crippen LogP contribution in [0.5, 0.6) is 5.75 Å². The molecule has 1 aliphatic rings. The maximum atomic E-state index is 11.5. The van der Waals surface area contributed by atoms with Crippen molar-refractivity contribution in [3.63, 3.8) is 0 Å². The number of nitrogens with two attached hydrogens (primary N) is 1. The van der Waals surface area contributed by atoms with Crippen molar-refractivity contribution in [2.75, 3.05) is 7.11 Å². The minimum Gasteiger partial charge on any atom is -0.497 e. The van der Waals surface area contributed by atoms with Crippen molar-refractivity contribution >= 4 is 29.1 Å². The van der Waals surface area contributed by atoms with Gasteiger partial charge in [-0.05, 0) is 54.8 Å². The fraction of sp³-hybridized carbons (Fsp3) is 0.375. The van der Waals surface area contributed by atoms with Crippen molar-refractivity contribution in [1.29, 1.82) is 0 Å². The molecule has 0 atom stereocenters. The van der Waals surface area contributed by atoms with Crippen molar-refractivity contribution in [1.82, 2.24) is 4.98 Å². The molecule has 0 spiro atoms. The largest absolute Gasteiger partial charge is 0.497 e. The first kappa shape index (κ1) is 15.6. The molecule has 1 fully saturated rings. The molecule has 5 heteroatoms. The molecule has 21 heavy (non-hydrogen) atoms. The summed E-state index contributed by atoms with van der Waals surface area (Å²) in [6.07, 6.45) is 7.19. The Labute approximate surface area is 130 Å². The summed E-state index contributed by atoms with van der Waals surface area (Å²) in [5, 5.41) is 2.23. The van der Waals surface area contributed by atoms with Gasteiger partial charge < -0.3 is 10.5 Å². The first-order chi connectivity index (χ1) is 9.64. The standard InChI is InChI=1S/C16H18N2O2.ClH/c1-20-13-3-2-11-9-18-10-12(14(11)8-13)4-5-16(6-7-16)15(17)19;/h2-3,8-10H,4-7H2,1H3,(H2,17,19);1H. The lowest BCUT2D eigenvalue weighted by atomic mass is 9.94. The highest BCUT2D eigenvalue weighted by Gasteiger charge is 2.47. The van der Waals surface area contributed by atoms with Crippen molar-refractivity contribution in [3.8, 4) is 5.75 Å². The molecule has 1 heterocycles. The summed E-state index contributed by atoms with van der Waals surface area (Å²) in [4.78, 5) is 15.7. The number of pyridine rings is 1. The second-order valence-electron chi connectivity index (χ2n) is 5.53. The van der Waals surface area contributed by atoms with Crippen LogP contribution in [0.3, 0.4) is 0 Å². The summed E-state index contributed by atoms with van der Waals surface area (Å²) < 4.78 is 5.28. The van der Waals surface area contributed by atoms with E-state index in [0.717, 1.165) is 47.8 Å². The van der Waals surface area contributed by atoms with Gasteiger partial charge in [0.25, 0.3) is 0 Å². The lowest BCUT2D eigenvalue weighted by Crippen LogP contribution is -2.25. The molecule has 1 aromatic heterocycles. The van der Waals surface area contributed by atoms with Crippen molar-refractivity contribution in [2.45, 2.75) is 25.7 Å². The van der Waals surface area contributed by atoms with Gasteiger partial charge in [0.05, 0.1) is 7.11 Å². The highest BCUT2D eigenvalue weighted by Crippen LogP contribution is 2.49. The van der Waals surface area contributed by atoms with Crippen LogP contribution in [0.2, 0.25) is 0 Å². The SMILES string of the molecule is COc1ccc2cncc(CCC3(C(N)=O)CC3)c2c1.Cl. The van der Waals surface area contributed by atoms with E-state index >= 15 is 0 Å². The average molecular weight is 307 g/mol. The van der Waals surface area contributed by atoms with Crippen molar-refractivity contribution in [2.24, 2.45) is 11.1 Å². The average Bonchev–Trinajstić information content (AvgIpc) is 3.25. The number of rotatable bonds is 5. The minimum atomic E-state index is -0.263. The molecule has 1 aliphatic carbocycles. The molecule has 1 aromatic carbocycles. The van der Waals surface area contributed by atoms with E-state index in [1.165, 1.54) is 0 Å². The molecular weight excluding hydrogens is 288 g/mol. The number of hydrogen-bond donors (Lipinski definition) is 1. The number of nitrogens with zero attached hydrogens (tertiary/aromatic N) is 1. The predicted molar refractivity (Wildman–Crippen MR) is 84.7 cm³/mol. The summed E-state index contributed by atoms with van der Waals surface area (Å²) in [5.74, 6) is 0.671. The fourth-order valence-corrected chi connectivity index (χ4v) is 2.67. The number of amides is 1. The summed E-state index contributed by atoms with van der Waals surface area (Å²) in [6.45, 7) is 0. The first-order valence-corrected chi connectivity index (χ1v) is 6.85. The number of ether oxygens (including phenoxy) is 1. The van der Waals surface area contributed by atoms with Gasteiger partial charge in [-0.3, -0.25) is 9.78 Å².